The lowest BCUT2D eigenvalue weighted by Crippen LogP contribution is -2.37. The van der Waals surface area contributed by atoms with Gasteiger partial charge in [-0.25, -0.2) is 4.79 Å². The van der Waals surface area contributed by atoms with Crippen molar-refractivity contribution >= 4 is 22.6 Å². The van der Waals surface area contributed by atoms with Crippen LogP contribution in [0.3, 0.4) is 0 Å². The van der Waals surface area contributed by atoms with Gasteiger partial charge in [0.05, 0.1) is 10.6 Å². The van der Waals surface area contributed by atoms with E-state index in [1.807, 2.05) is 36.6 Å². The number of nitro benzene ring substituents is 1. The molecule has 0 amide bonds. The predicted molar refractivity (Wildman–Crippen MR) is 124 cm³/mol. The molecule has 5 aromatic rings. The standard InChI is InChI=1S/C23H20N6O4/c1-13-8-14(2)10-17(9-13)28-18(15-6-5-7-16(11-15)29(32)33)12-27-19-20(24-22(27)28)25(3)23(31)26(4)21(19)30/h5-12H,1-4H3. The van der Waals surface area contributed by atoms with Crippen LogP contribution in [0, 0.1) is 24.0 Å². The summed E-state index contributed by atoms with van der Waals surface area (Å²) in [5.41, 5.74) is 3.62. The molecule has 5 rings (SSSR count). The summed E-state index contributed by atoms with van der Waals surface area (Å²) >= 11 is 0. The predicted octanol–water partition coefficient (Wildman–Crippen LogP) is 2.87. The average Bonchev–Trinajstić information content (AvgIpc) is 3.32. The van der Waals surface area contributed by atoms with Crippen LogP contribution in [0.2, 0.25) is 0 Å². The molecule has 0 N–H and O–H groups in total. The Kier molecular flexibility index (Phi) is 4.35. The third kappa shape index (κ3) is 2.99. The Morgan fingerprint density at radius 1 is 0.970 bits per heavy atom. The van der Waals surface area contributed by atoms with Crippen molar-refractivity contribution in [2.75, 3.05) is 0 Å². The monoisotopic (exact) mass is 444 g/mol. The Labute approximate surface area is 186 Å². The van der Waals surface area contributed by atoms with E-state index in [0.29, 0.717) is 17.0 Å². The van der Waals surface area contributed by atoms with Crippen LogP contribution < -0.4 is 11.2 Å². The van der Waals surface area contributed by atoms with Crippen molar-refractivity contribution in [3.05, 3.63) is 90.7 Å². The summed E-state index contributed by atoms with van der Waals surface area (Å²) in [7, 11) is 2.99. The molecule has 3 aromatic heterocycles. The second kappa shape index (κ2) is 7.02. The summed E-state index contributed by atoms with van der Waals surface area (Å²) in [5, 5.41) is 11.4. The molecule has 0 unspecified atom stereocenters. The maximum Gasteiger partial charge on any atom is 0.332 e. The van der Waals surface area contributed by atoms with Gasteiger partial charge in [-0.1, -0.05) is 18.2 Å². The zero-order valence-electron chi connectivity index (χ0n) is 18.4. The Morgan fingerprint density at radius 2 is 1.67 bits per heavy atom. The van der Waals surface area contributed by atoms with Crippen molar-refractivity contribution in [2.24, 2.45) is 14.1 Å². The first-order chi connectivity index (χ1) is 15.7. The number of benzene rings is 2. The molecule has 10 heteroatoms. The Morgan fingerprint density at radius 3 is 2.33 bits per heavy atom. The number of imidazole rings is 2. The molecule has 0 bridgehead atoms. The molecule has 2 aromatic carbocycles. The topological polar surface area (TPSA) is 109 Å². The minimum absolute atomic E-state index is 0.0403. The number of aryl methyl sites for hydroxylation is 3. The van der Waals surface area contributed by atoms with Crippen molar-refractivity contribution in [3.63, 3.8) is 0 Å². The molecule has 0 spiro atoms. The van der Waals surface area contributed by atoms with Crippen molar-refractivity contribution in [1.82, 2.24) is 23.1 Å². The molecule has 0 atom stereocenters. The largest absolute Gasteiger partial charge is 0.332 e. The molecule has 0 fully saturated rings. The first-order valence-electron chi connectivity index (χ1n) is 10.2. The molecule has 0 aliphatic heterocycles. The van der Waals surface area contributed by atoms with Crippen LogP contribution in [0.5, 0.6) is 0 Å². The molecule has 3 heterocycles. The van der Waals surface area contributed by atoms with Crippen LogP contribution in [0.25, 0.3) is 33.9 Å². The third-order valence-corrected chi connectivity index (χ3v) is 5.78. The van der Waals surface area contributed by atoms with Crippen LogP contribution in [-0.4, -0.2) is 28.0 Å². The summed E-state index contributed by atoms with van der Waals surface area (Å²) in [4.78, 5) is 41.0. The molecule has 10 nitrogen and oxygen atoms in total. The van der Waals surface area contributed by atoms with Gasteiger partial charge in [0, 0.05) is 43.7 Å². The quantitative estimate of drug-likeness (QED) is 0.314. The van der Waals surface area contributed by atoms with Crippen molar-refractivity contribution < 1.29 is 4.92 Å². The normalized spacial score (nSPS) is 11.5. The van der Waals surface area contributed by atoms with Gasteiger partial charge in [0.25, 0.3) is 11.2 Å². The van der Waals surface area contributed by atoms with Gasteiger partial charge >= 0.3 is 5.69 Å². The Hall–Kier alpha value is -4.47. The molecule has 0 aliphatic carbocycles. The van der Waals surface area contributed by atoms with Gasteiger partial charge in [0.1, 0.15) is 0 Å². The number of hydrogen-bond donors (Lipinski definition) is 0. The zero-order valence-corrected chi connectivity index (χ0v) is 18.4. The minimum Gasteiger partial charge on any atom is -0.279 e. The van der Waals surface area contributed by atoms with Crippen molar-refractivity contribution in [1.29, 1.82) is 0 Å². The van der Waals surface area contributed by atoms with Gasteiger partial charge in [-0.05, 0) is 37.1 Å². The number of non-ortho nitro benzene ring substituents is 1. The number of aromatic nitrogens is 5. The molecule has 0 aliphatic rings. The van der Waals surface area contributed by atoms with Crippen LogP contribution in [0.15, 0.2) is 58.3 Å². The smallest absolute Gasteiger partial charge is 0.279 e. The van der Waals surface area contributed by atoms with Gasteiger partial charge in [-0.15, -0.1) is 0 Å². The fourth-order valence-electron chi connectivity index (χ4n) is 4.29. The summed E-state index contributed by atoms with van der Waals surface area (Å²) in [6, 6.07) is 12.3. The highest BCUT2D eigenvalue weighted by molar-refractivity contribution is 5.80. The summed E-state index contributed by atoms with van der Waals surface area (Å²) in [6.45, 7) is 3.96. The van der Waals surface area contributed by atoms with Gasteiger partial charge in [-0.3, -0.25) is 33.0 Å². The van der Waals surface area contributed by atoms with Crippen LogP contribution in [-0.2, 0) is 14.1 Å². The van der Waals surface area contributed by atoms with Crippen molar-refractivity contribution in [2.45, 2.75) is 13.8 Å². The SMILES string of the molecule is Cc1cc(C)cc(-n2c(-c3cccc([N+](=O)[O-])c3)cn3c4c(=O)n(C)c(=O)n(C)c4nc23)c1. The van der Waals surface area contributed by atoms with E-state index in [-0.39, 0.29) is 16.9 Å². The van der Waals surface area contributed by atoms with Gasteiger partial charge in [0.15, 0.2) is 11.2 Å². The van der Waals surface area contributed by atoms with Crippen LogP contribution >= 0.6 is 0 Å². The van der Waals surface area contributed by atoms with E-state index in [4.69, 9.17) is 0 Å². The van der Waals surface area contributed by atoms with E-state index in [0.717, 1.165) is 21.4 Å². The average molecular weight is 444 g/mol. The molecule has 0 saturated heterocycles. The van der Waals surface area contributed by atoms with E-state index >= 15 is 0 Å². The summed E-state index contributed by atoms with van der Waals surface area (Å²) < 4.78 is 5.87. The maximum atomic E-state index is 13.0. The number of nitro groups is 1. The third-order valence-electron chi connectivity index (χ3n) is 5.78. The Balaban J connectivity index is 1.97. The zero-order chi connectivity index (χ0) is 23.6. The van der Waals surface area contributed by atoms with E-state index in [1.165, 1.54) is 23.7 Å². The first-order valence-corrected chi connectivity index (χ1v) is 10.2. The fraction of sp³-hybridized carbons (Fsp3) is 0.174. The number of rotatable bonds is 3. The summed E-state index contributed by atoms with van der Waals surface area (Å²) in [6.07, 6.45) is 1.73. The second-order valence-corrected chi connectivity index (χ2v) is 8.16. The van der Waals surface area contributed by atoms with Crippen molar-refractivity contribution in [3.8, 4) is 16.9 Å². The molecule has 0 saturated carbocycles. The lowest BCUT2D eigenvalue weighted by molar-refractivity contribution is -0.384. The lowest BCUT2D eigenvalue weighted by atomic mass is 10.1. The van der Waals surface area contributed by atoms with Gasteiger partial charge in [0.2, 0.25) is 5.78 Å². The highest BCUT2D eigenvalue weighted by Gasteiger charge is 2.22. The molecule has 166 valence electrons. The molecule has 33 heavy (non-hydrogen) atoms. The van der Waals surface area contributed by atoms with Gasteiger partial charge < -0.3 is 0 Å². The van der Waals surface area contributed by atoms with E-state index in [9.17, 15) is 19.7 Å². The molecular weight excluding hydrogens is 424 g/mol. The first kappa shape index (κ1) is 20.4. The van der Waals surface area contributed by atoms with E-state index in [1.54, 1.807) is 29.8 Å². The molecule has 0 radical (unpaired) electrons. The van der Waals surface area contributed by atoms with E-state index in [2.05, 4.69) is 4.98 Å². The highest BCUT2D eigenvalue weighted by Crippen LogP contribution is 2.31. The fourth-order valence-corrected chi connectivity index (χ4v) is 4.29. The maximum absolute atomic E-state index is 13.0. The van der Waals surface area contributed by atoms with Crippen LogP contribution in [0.1, 0.15) is 11.1 Å². The minimum atomic E-state index is -0.469. The van der Waals surface area contributed by atoms with Crippen LogP contribution in [0.4, 0.5) is 5.69 Å². The highest BCUT2D eigenvalue weighted by atomic mass is 16.6. The van der Waals surface area contributed by atoms with E-state index < -0.39 is 16.2 Å². The number of hydrogen-bond acceptors (Lipinski definition) is 5. The van der Waals surface area contributed by atoms with Gasteiger partial charge in [-0.2, -0.15) is 4.98 Å². The lowest BCUT2D eigenvalue weighted by Gasteiger charge is -2.11. The summed E-state index contributed by atoms with van der Waals surface area (Å²) in [5.74, 6) is 0.426. The number of nitrogens with zero attached hydrogens (tertiary/aromatic N) is 6. The Bertz CT molecular complexity index is 1710. The molecular formula is C23H20N6O4. The number of fused-ring (bicyclic) bond motifs is 3. The second-order valence-electron chi connectivity index (χ2n) is 8.16.